The lowest BCUT2D eigenvalue weighted by atomic mass is 10.1. The van der Waals surface area contributed by atoms with Crippen LogP contribution in [-0.4, -0.2) is 25.5 Å². The molecule has 104 valence electrons. The minimum atomic E-state index is -0.0349. The molecule has 2 rings (SSSR count). The third-order valence-corrected chi connectivity index (χ3v) is 3.90. The molecule has 0 heterocycles. The van der Waals surface area contributed by atoms with E-state index in [4.69, 9.17) is 5.73 Å². The van der Waals surface area contributed by atoms with Crippen LogP contribution in [-0.2, 0) is 0 Å². The highest BCUT2D eigenvalue weighted by atomic mass is 16.1. The quantitative estimate of drug-likeness (QED) is 0.799. The molecular weight excluding hydrogens is 238 g/mol. The van der Waals surface area contributed by atoms with Crippen LogP contribution < -0.4 is 16.0 Å². The fraction of sp³-hybridized carbons (Fsp3) is 0.533. The van der Waals surface area contributed by atoms with Crippen LogP contribution in [0.25, 0.3) is 0 Å². The van der Waals surface area contributed by atoms with Crippen molar-refractivity contribution in [1.29, 1.82) is 0 Å². The van der Waals surface area contributed by atoms with E-state index in [1.165, 1.54) is 12.8 Å². The minimum Gasteiger partial charge on any atom is -0.399 e. The highest BCUT2D eigenvalue weighted by Crippen LogP contribution is 2.37. The Balaban J connectivity index is 2.30. The predicted molar refractivity (Wildman–Crippen MR) is 79.5 cm³/mol. The molecule has 3 N–H and O–H groups in total. The summed E-state index contributed by atoms with van der Waals surface area (Å²) in [5.74, 6) is 0.709. The second-order valence-electron chi connectivity index (χ2n) is 5.32. The maximum absolute atomic E-state index is 12.1. The molecule has 1 fully saturated rings. The third-order valence-electron chi connectivity index (χ3n) is 3.90. The maximum atomic E-state index is 12.1. The Bertz CT molecular complexity index is 468. The maximum Gasteiger partial charge on any atom is 0.253 e. The predicted octanol–water partition coefficient (Wildman–Crippen LogP) is 2.25. The number of hydrogen-bond donors (Lipinski definition) is 2. The molecule has 1 aliphatic carbocycles. The van der Waals surface area contributed by atoms with Gasteiger partial charge in [-0.25, -0.2) is 0 Å². The molecule has 1 atom stereocenters. The lowest BCUT2D eigenvalue weighted by molar-refractivity contribution is 0.0956. The first-order chi connectivity index (χ1) is 9.04. The SMILES string of the molecule is CCNC(=O)c1ccc(N)cc1N(C)C(C)C1CC1. The van der Waals surface area contributed by atoms with Crippen LogP contribution in [0.3, 0.4) is 0 Å². The number of nitrogen functional groups attached to an aromatic ring is 1. The largest absolute Gasteiger partial charge is 0.399 e. The topological polar surface area (TPSA) is 58.4 Å². The van der Waals surface area contributed by atoms with Crippen molar-refractivity contribution in [3.63, 3.8) is 0 Å². The van der Waals surface area contributed by atoms with Crippen molar-refractivity contribution in [2.45, 2.75) is 32.7 Å². The van der Waals surface area contributed by atoms with E-state index in [9.17, 15) is 4.79 Å². The van der Waals surface area contributed by atoms with Crippen molar-refractivity contribution in [2.24, 2.45) is 5.92 Å². The van der Waals surface area contributed by atoms with E-state index in [1.54, 1.807) is 6.07 Å². The van der Waals surface area contributed by atoms with Crippen molar-refractivity contribution in [2.75, 3.05) is 24.2 Å². The summed E-state index contributed by atoms with van der Waals surface area (Å²) >= 11 is 0. The number of hydrogen-bond acceptors (Lipinski definition) is 3. The monoisotopic (exact) mass is 261 g/mol. The number of nitrogens with zero attached hydrogens (tertiary/aromatic N) is 1. The number of rotatable bonds is 5. The Morgan fingerprint density at radius 2 is 2.21 bits per heavy atom. The molecule has 0 aliphatic heterocycles. The second-order valence-corrected chi connectivity index (χ2v) is 5.32. The number of nitrogens with one attached hydrogen (secondary N) is 1. The average molecular weight is 261 g/mol. The second kappa shape index (κ2) is 5.51. The summed E-state index contributed by atoms with van der Waals surface area (Å²) in [7, 11) is 2.04. The molecular formula is C15H23N3O. The van der Waals surface area contributed by atoms with E-state index in [1.807, 2.05) is 26.1 Å². The van der Waals surface area contributed by atoms with Crippen molar-refractivity contribution in [1.82, 2.24) is 5.32 Å². The van der Waals surface area contributed by atoms with Gasteiger partial charge in [-0.2, -0.15) is 0 Å². The van der Waals surface area contributed by atoms with Gasteiger partial charge in [0, 0.05) is 25.3 Å². The van der Waals surface area contributed by atoms with E-state index in [0.29, 0.717) is 23.8 Å². The van der Waals surface area contributed by atoms with Crippen molar-refractivity contribution < 1.29 is 4.79 Å². The van der Waals surface area contributed by atoms with Gasteiger partial charge in [-0.3, -0.25) is 4.79 Å². The van der Waals surface area contributed by atoms with Crippen LogP contribution in [0.4, 0.5) is 11.4 Å². The molecule has 0 radical (unpaired) electrons. The molecule has 4 heteroatoms. The van der Waals surface area contributed by atoms with Gasteiger partial charge in [-0.15, -0.1) is 0 Å². The summed E-state index contributed by atoms with van der Waals surface area (Å²) in [4.78, 5) is 14.3. The van der Waals surface area contributed by atoms with Gasteiger partial charge in [-0.05, 0) is 50.8 Å². The van der Waals surface area contributed by atoms with E-state index in [-0.39, 0.29) is 5.91 Å². The number of nitrogens with two attached hydrogens (primary N) is 1. The Morgan fingerprint density at radius 3 is 2.79 bits per heavy atom. The number of amides is 1. The lowest BCUT2D eigenvalue weighted by Crippen LogP contribution is -2.33. The van der Waals surface area contributed by atoms with Gasteiger partial charge < -0.3 is 16.0 Å². The molecule has 1 aromatic carbocycles. The molecule has 19 heavy (non-hydrogen) atoms. The van der Waals surface area contributed by atoms with Crippen molar-refractivity contribution >= 4 is 17.3 Å². The summed E-state index contributed by atoms with van der Waals surface area (Å²) in [6.07, 6.45) is 2.56. The van der Waals surface area contributed by atoms with Gasteiger partial charge in [0.15, 0.2) is 0 Å². The van der Waals surface area contributed by atoms with Crippen LogP contribution in [0.2, 0.25) is 0 Å². The molecule has 1 aliphatic rings. The van der Waals surface area contributed by atoms with Gasteiger partial charge in [0.1, 0.15) is 0 Å². The first-order valence-corrected chi connectivity index (χ1v) is 6.95. The lowest BCUT2D eigenvalue weighted by Gasteiger charge is -2.29. The highest BCUT2D eigenvalue weighted by Gasteiger charge is 2.31. The average Bonchev–Trinajstić information content (AvgIpc) is 3.21. The summed E-state index contributed by atoms with van der Waals surface area (Å²) in [5, 5.41) is 2.85. The third kappa shape index (κ3) is 3.00. The van der Waals surface area contributed by atoms with Crippen LogP contribution in [0.1, 0.15) is 37.0 Å². The fourth-order valence-corrected chi connectivity index (χ4v) is 2.40. The Morgan fingerprint density at radius 1 is 1.53 bits per heavy atom. The van der Waals surface area contributed by atoms with Crippen LogP contribution in [0, 0.1) is 5.92 Å². The van der Waals surface area contributed by atoms with Gasteiger partial charge in [-0.1, -0.05) is 0 Å². The Labute approximate surface area is 115 Å². The van der Waals surface area contributed by atoms with Crippen LogP contribution in [0.15, 0.2) is 18.2 Å². The van der Waals surface area contributed by atoms with Gasteiger partial charge in [0.2, 0.25) is 0 Å². The Hall–Kier alpha value is -1.71. The molecule has 0 saturated heterocycles. The molecule has 1 aromatic rings. The molecule has 0 aromatic heterocycles. The smallest absolute Gasteiger partial charge is 0.253 e. The van der Waals surface area contributed by atoms with E-state index < -0.39 is 0 Å². The summed E-state index contributed by atoms with van der Waals surface area (Å²) in [6.45, 7) is 4.76. The summed E-state index contributed by atoms with van der Waals surface area (Å²) in [6, 6.07) is 5.92. The molecule has 1 amide bonds. The van der Waals surface area contributed by atoms with Crippen LogP contribution >= 0.6 is 0 Å². The molecule has 0 spiro atoms. The number of carbonyl (C=O) groups excluding carboxylic acids is 1. The minimum absolute atomic E-state index is 0.0349. The standard InChI is InChI=1S/C15H23N3O/c1-4-17-15(19)13-8-7-12(16)9-14(13)18(3)10(2)11-5-6-11/h7-11H,4-6,16H2,1-3H3,(H,17,19). The molecule has 0 bridgehead atoms. The zero-order chi connectivity index (χ0) is 14.0. The van der Waals surface area contributed by atoms with E-state index >= 15 is 0 Å². The molecule has 4 nitrogen and oxygen atoms in total. The van der Waals surface area contributed by atoms with Gasteiger partial charge >= 0.3 is 0 Å². The first kappa shape index (κ1) is 13.7. The molecule has 1 unspecified atom stereocenters. The molecule has 1 saturated carbocycles. The summed E-state index contributed by atoms with van der Waals surface area (Å²) in [5.41, 5.74) is 8.19. The number of carbonyl (C=O) groups is 1. The fourth-order valence-electron chi connectivity index (χ4n) is 2.40. The van der Waals surface area contributed by atoms with E-state index in [0.717, 1.165) is 11.6 Å². The first-order valence-electron chi connectivity index (χ1n) is 6.95. The number of benzene rings is 1. The van der Waals surface area contributed by atoms with Crippen LogP contribution in [0.5, 0.6) is 0 Å². The van der Waals surface area contributed by atoms with E-state index in [2.05, 4.69) is 17.1 Å². The summed E-state index contributed by atoms with van der Waals surface area (Å²) < 4.78 is 0. The van der Waals surface area contributed by atoms with Crippen molar-refractivity contribution in [3.05, 3.63) is 23.8 Å². The number of anilines is 2. The normalized spacial score (nSPS) is 15.9. The van der Waals surface area contributed by atoms with Gasteiger partial charge in [0.05, 0.1) is 11.3 Å². The van der Waals surface area contributed by atoms with Gasteiger partial charge in [0.25, 0.3) is 5.91 Å². The Kier molecular flexibility index (Phi) is 3.98. The zero-order valence-electron chi connectivity index (χ0n) is 11.9. The zero-order valence-corrected chi connectivity index (χ0v) is 11.9. The highest BCUT2D eigenvalue weighted by molar-refractivity contribution is 6.00. The van der Waals surface area contributed by atoms with Crippen molar-refractivity contribution in [3.8, 4) is 0 Å².